The second-order valence-corrected chi connectivity index (χ2v) is 7.77. The summed E-state index contributed by atoms with van der Waals surface area (Å²) in [4.78, 5) is 31.3. The molecule has 0 saturated heterocycles. The molecule has 3 aromatic rings. The zero-order chi connectivity index (χ0) is 25.2. The molecule has 6 nitrogen and oxygen atoms in total. The highest BCUT2D eigenvalue weighted by atomic mass is 35.5. The predicted molar refractivity (Wildman–Crippen MR) is 118 cm³/mol. The van der Waals surface area contributed by atoms with Crippen molar-refractivity contribution in [1.29, 1.82) is 0 Å². The van der Waals surface area contributed by atoms with Crippen LogP contribution in [0, 0.1) is 18.6 Å². The SMILES string of the molecule is CN(C=O)c1cc(Cl)c(F)cc1F.Cc1cc(C(F)(F)F)cc(N2CCc3c2cc[nH]c3=O)n1. The van der Waals surface area contributed by atoms with Gasteiger partial charge < -0.3 is 14.8 Å². The number of carbonyl (C=O) groups is 1. The molecule has 3 heterocycles. The van der Waals surface area contributed by atoms with E-state index in [0.29, 0.717) is 36.7 Å². The number of benzene rings is 1. The van der Waals surface area contributed by atoms with Crippen LogP contribution in [0.15, 0.2) is 41.3 Å². The summed E-state index contributed by atoms with van der Waals surface area (Å²) in [6, 6.07) is 5.40. The fraction of sp³-hybridized carbons (Fsp3) is 0.227. The number of fused-ring (bicyclic) bond motifs is 1. The molecular formula is C22H18ClF5N4O2. The lowest BCUT2D eigenvalue weighted by Gasteiger charge is -2.20. The number of aryl methyl sites for hydroxylation is 1. The summed E-state index contributed by atoms with van der Waals surface area (Å²) in [5.41, 5.74) is 0.487. The third kappa shape index (κ3) is 5.36. The van der Waals surface area contributed by atoms with Crippen molar-refractivity contribution in [2.24, 2.45) is 0 Å². The Morgan fingerprint density at radius 3 is 2.53 bits per heavy atom. The number of amides is 1. The van der Waals surface area contributed by atoms with Crippen LogP contribution in [0.4, 0.5) is 39.1 Å². The van der Waals surface area contributed by atoms with E-state index in [2.05, 4.69) is 9.97 Å². The lowest BCUT2D eigenvalue weighted by molar-refractivity contribution is -0.137. The van der Waals surface area contributed by atoms with Crippen molar-refractivity contribution in [2.45, 2.75) is 19.5 Å². The van der Waals surface area contributed by atoms with Crippen molar-refractivity contribution < 1.29 is 26.7 Å². The van der Waals surface area contributed by atoms with Gasteiger partial charge in [-0.1, -0.05) is 11.6 Å². The van der Waals surface area contributed by atoms with Crippen molar-refractivity contribution in [3.05, 3.63) is 80.4 Å². The van der Waals surface area contributed by atoms with E-state index in [1.54, 1.807) is 11.0 Å². The first-order valence-electron chi connectivity index (χ1n) is 9.79. The van der Waals surface area contributed by atoms with Crippen LogP contribution in [-0.4, -0.2) is 30.0 Å². The van der Waals surface area contributed by atoms with E-state index >= 15 is 0 Å². The standard InChI is InChI=1S/C14H12F3N3O.C8H6ClF2NO/c1-8-6-9(14(15,16)17)7-12(19-8)20-5-3-10-11(20)2-4-18-13(10)21;1-12(4-13)8-2-5(9)6(10)3-7(8)11/h2,4,6-7H,3,5H2,1H3,(H,18,21);2-4H,1H3. The van der Waals surface area contributed by atoms with E-state index in [1.807, 2.05) is 0 Å². The zero-order valence-corrected chi connectivity index (χ0v) is 18.6. The zero-order valence-electron chi connectivity index (χ0n) is 17.9. The molecule has 4 rings (SSSR count). The van der Waals surface area contributed by atoms with Gasteiger partial charge in [-0.2, -0.15) is 13.2 Å². The van der Waals surface area contributed by atoms with Gasteiger partial charge in [-0.15, -0.1) is 0 Å². The number of carbonyl (C=O) groups excluding carboxylic acids is 1. The van der Waals surface area contributed by atoms with E-state index < -0.39 is 23.4 Å². The first kappa shape index (κ1) is 25.2. The Hall–Kier alpha value is -3.47. The minimum Gasteiger partial charge on any atom is -0.329 e. The van der Waals surface area contributed by atoms with Gasteiger partial charge >= 0.3 is 6.18 Å². The van der Waals surface area contributed by atoms with Gasteiger partial charge in [-0.3, -0.25) is 9.59 Å². The van der Waals surface area contributed by atoms with Crippen molar-refractivity contribution in [3.8, 4) is 0 Å². The van der Waals surface area contributed by atoms with Crippen LogP contribution in [-0.2, 0) is 17.4 Å². The highest BCUT2D eigenvalue weighted by Crippen LogP contribution is 2.36. The topological polar surface area (TPSA) is 69.3 Å². The van der Waals surface area contributed by atoms with Gasteiger partial charge in [0.05, 0.1) is 22.0 Å². The molecule has 12 heteroatoms. The molecule has 0 fully saturated rings. The largest absolute Gasteiger partial charge is 0.416 e. The quantitative estimate of drug-likeness (QED) is 0.312. The van der Waals surface area contributed by atoms with E-state index in [4.69, 9.17) is 11.6 Å². The molecule has 1 N–H and O–H groups in total. The number of hydrogen-bond acceptors (Lipinski definition) is 4. The van der Waals surface area contributed by atoms with Crippen LogP contribution in [0.3, 0.4) is 0 Å². The first-order chi connectivity index (χ1) is 15.9. The van der Waals surface area contributed by atoms with Gasteiger partial charge in [0.1, 0.15) is 17.5 Å². The highest BCUT2D eigenvalue weighted by molar-refractivity contribution is 6.31. The Bertz CT molecular complexity index is 1280. The molecule has 180 valence electrons. The maximum absolute atomic E-state index is 13.0. The summed E-state index contributed by atoms with van der Waals surface area (Å²) in [7, 11) is 1.35. The third-order valence-electron chi connectivity index (χ3n) is 4.99. The van der Waals surface area contributed by atoms with E-state index in [9.17, 15) is 31.5 Å². The lowest BCUT2D eigenvalue weighted by atomic mass is 10.2. The summed E-state index contributed by atoms with van der Waals surface area (Å²) >= 11 is 5.40. The lowest BCUT2D eigenvalue weighted by Crippen LogP contribution is -2.17. The Balaban J connectivity index is 0.000000215. The Morgan fingerprint density at radius 1 is 1.18 bits per heavy atom. The number of H-pyrrole nitrogens is 1. The molecule has 0 unspecified atom stereocenters. The maximum Gasteiger partial charge on any atom is 0.416 e. The monoisotopic (exact) mass is 500 g/mol. The molecule has 1 aromatic carbocycles. The number of pyridine rings is 2. The van der Waals surface area contributed by atoms with Crippen LogP contribution in [0.2, 0.25) is 5.02 Å². The Labute approximate surface area is 195 Å². The predicted octanol–water partition coefficient (Wildman–Crippen LogP) is 5.00. The summed E-state index contributed by atoms with van der Waals surface area (Å²) in [6.07, 6.45) is -2.03. The number of rotatable bonds is 3. The second kappa shape index (κ2) is 9.80. The summed E-state index contributed by atoms with van der Waals surface area (Å²) in [5.74, 6) is -1.45. The molecule has 0 saturated carbocycles. The van der Waals surface area contributed by atoms with Crippen molar-refractivity contribution >= 4 is 35.2 Å². The Morgan fingerprint density at radius 2 is 1.88 bits per heavy atom. The number of aromatic nitrogens is 2. The van der Waals surface area contributed by atoms with Crippen LogP contribution >= 0.6 is 11.6 Å². The van der Waals surface area contributed by atoms with Gasteiger partial charge in [-0.05, 0) is 37.6 Å². The van der Waals surface area contributed by atoms with E-state index in [1.165, 1.54) is 20.2 Å². The van der Waals surface area contributed by atoms with Crippen molar-refractivity contribution in [2.75, 3.05) is 23.4 Å². The molecule has 0 spiro atoms. The summed E-state index contributed by atoms with van der Waals surface area (Å²) < 4.78 is 64.3. The van der Waals surface area contributed by atoms with Gasteiger partial charge in [-0.25, -0.2) is 13.8 Å². The molecule has 1 amide bonds. The molecular weight excluding hydrogens is 483 g/mol. The van der Waals surface area contributed by atoms with Crippen LogP contribution in [0.5, 0.6) is 0 Å². The van der Waals surface area contributed by atoms with Gasteiger partial charge in [0.25, 0.3) is 5.56 Å². The van der Waals surface area contributed by atoms with Gasteiger partial charge in [0.15, 0.2) is 0 Å². The molecule has 1 aliphatic heterocycles. The van der Waals surface area contributed by atoms with Crippen LogP contribution in [0.1, 0.15) is 16.8 Å². The fourth-order valence-corrected chi connectivity index (χ4v) is 3.53. The normalized spacial score (nSPS) is 12.6. The molecule has 0 bridgehead atoms. The molecule has 0 radical (unpaired) electrons. The molecule has 1 aliphatic rings. The second-order valence-electron chi connectivity index (χ2n) is 7.36. The van der Waals surface area contributed by atoms with Crippen molar-refractivity contribution in [1.82, 2.24) is 9.97 Å². The molecule has 0 atom stereocenters. The molecule has 0 aliphatic carbocycles. The van der Waals surface area contributed by atoms with Crippen LogP contribution < -0.4 is 15.4 Å². The number of halogens is 6. The number of anilines is 3. The summed E-state index contributed by atoms with van der Waals surface area (Å²) in [6.45, 7) is 1.96. The molecule has 34 heavy (non-hydrogen) atoms. The number of nitrogens with one attached hydrogen (secondary N) is 1. The number of alkyl halides is 3. The van der Waals surface area contributed by atoms with E-state index in [0.717, 1.165) is 23.1 Å². The Kier molecular flexibility index (Phi) is 7.25. The van der Waals surface area contributed by atoms with Gasteiger partial charge in [0, 0.05) is 37.1 Å². The van der Waals surface area contributed by atoms with E-state index in [-0.39, 0.29) is 27.8 Å². The maximum atomic E-state index is 13.0. The molecule has 2 aromatic heterocycles. The minimum absolute atomic E-state index is 0.0543. The number of hydrogen-bond donors (Lipinski definition) is 1. The smallest absolute Gasteiger partial charge is 0.329 e. The summed E-state index contributed by atoms with van der Waals surface area (Å²) in [5, 5.41) is -0.217. The fourth-order valence-electron chi connectivity index (χ4n) is 3.37. The minimum atomic E-state index is -4.42. The highest BCUT2D eigenvalue weighted by Gasteiger charge is 2.33. The van der Waals surface area contributed by atoms with Crippen LogP contribution in [0.25, 0.3) is 0 Å². The first-order valence-corrected chi connectivity index (χ1v) is 10.2. The number of nitrogens with zero attached hydrogens (tertiary/aromatic N) is 3. The average molecular weight is 501 g/mol. The van der Waals surface area contributed by atoms with Gasteiger partial charge in [0.2, 0.25) is 6.41 Å². The third-order valence-corrected chi connectivity index (χ3v) is 5.28. The number of aromatic amines is 1. The average Bonchev–Trinajstić information content (AvgIpc) is 3.21. The van der Waals surface area contributed by atoms with Crippen molar-refractivity contribution in [3.63, 3.8) is 0 Å².